The van der Waals surface area contributed by atoms with Gasteiger partial charge in [0.2, 0.25) is 17.4 Å². The van der Waals surface area contributed by atoms with Gasteiger partial charge >= 0.3 is 0 Å². The number of carbonyl (C=O) groups excluding carboxylic acids is 1. The summed E-state index contributed by atoms with van der Waals surface area (Å²) in [6.07, 6.45) is -0.0881. The van der Waals surface area contributed by atoms with Crippen LogP contribution in [-0.2, 0) is 4.79 Å². The summed E-state index contributed by atoms with van der Waals surface area (Å²) >= 11 is 0. The van der Waals surface area contributed by atoms with Crippen LogP contribution in [-0.4, -0.2) is 37.8 Å². The highest BCUT2D eigenvalue weighted by atomic mass is 16.5. The number of rotatable bonds is 0. The van der Waals surface area contributed by atoms with E-state index >= 15 is 0 Å². The Morgan fingerprint density at radius 2 is 1.36 bits per heavy atom. The highest BCUT2D eigenvalue weighted by molar-refractivity contribution is 5.92. The van der Waals surface area contributed by atoms with Crippen LogP contribution in [0.1, 0.15) is 19.3 Å². The van der Waals surface area contributed by atoms with Crippen LogP contribution in [0.5, 0.6) is 0 Å². The third-order valence-electron chi connectivity index (χ3n) is 1.78. The Morgan fingerprint density at radius 3 is 1.64 bits per heavy atom. The molecule has 0 aromatic carbocycles. The summed E-state index contributed by atoms with van der Waals surface area (Å²) in [6, 6.07) is 0. The predicted octanol–water partition coefficient (Wildman–Crippen LogP) is -1.90. The zero-order valence-electron chi connectivity index (χ0n) is 5.82. The first-order valence-electron chi connectivity index (χ1n) is 3.31. The maximum absolute atomic E-state index is 10.8. The molecular weight excluding hydrogens is 152 g/mol. The Kier molecular flexibility index (Phi) is 1.76. The minimum atomic E-state index is -2.57. The maximum atomic E-state index is 10.8. The van der Waals surface area contributed by atoms with Crippen molar-refractivity contribution in [3.05, 3.63) is 0 Å². The molecule has 1 aliphatic rings. The minimum absolute atomic E-state index is 0.144. The molecule has 0 amide bonds. The van der Waals surface area contributed by atoms with Gasteiger partial charge in [-0.1, -0.05) is 0 Å². The number of hydrogen-bond donors (Lipinski definition) is 4. The summed E-state index contributed by atoms with van der Waals surface area (Å²) in [5, 5.41) is 35.5. The van der Waals surface area contributed by atoms with Crippen LogP contribution in [0.4, 0.5) is 0 Å². The summed E-state index contributed by atoms with van der Waals surface area (Å²) in [6.45, 7) is 0. The summed E-state index contributed by atoms with van der Waals surface area (Å²) in [5.41, 5.74) is 0. The standard InChI is InChI=1S/C6H10O5/c7-4-5(8,9)2-1-3-6(4,10)11/h8-11H,1-3H2. The first kappa shape index (κ1) is 8.61. The molecule has 5 nitrogen and oxygen atoms in total. The molecule has 0 aromatic rings. The first-order chi connectivity index (χ1) is 4.86. The van der Waals surface area contributed by atoms with Gasteiger partial charge in [-0.2, -0.15) is 0 Å². The van der Waals surface area contributed by atoms with Crippen molar-refractivity contribution >= 4 is 5.78 Å². The SMILES string of the molecule is O=C1C(O)(O)CCCC1(O)O. The fraction of sp³-hybridized carbons (Fsp3) is 0.833. The van der Waals surface area contributed by atoms with E-state index in [2.05, 4.69) is 0 Å². The smallest absolute Gasteiger partial charge is 0.249 e. The average molecular weight is 162 g/mol. The molecule has 0 aromatic heterocycles. The first-order valence-corrected chi connectivity index (χ1v) is 3.31. The number of hydrogen-bond acceptors (Lipinski definition) is 5. The average Bonchev–Trinajstić information content (AvgIpc) is 1.82. The topological polar surface area (TPSA) is 98.0 Å². The maximum Gasteiger partial charge on any atom is 0.249 e. The molecule has 0 bridgehead atoms. The van der Waals surface area contributed by atoms with Gasteiger partial charge in [-0.15, -0.1) is 0 Å². The van der Waals surface area contributed by atoms with Crippen LogP contribution in [0.15, 0.2) is 0 Å². The predicted molar refractivity (Wildman–Crippen MR) is 33.2 cm³/mol. The van der Waals surface area contributed by atoms with Crippen LogP contribution in [0, 0.1) is 0 Å². The molecule has 1 aliphatic carbocycles. The molecular formula is C6H10O5. The summed E-state index contributed by atoms with van der Waals surface area (Å²) in [7, 11) is 0. The molecule has 0 aliphatic heterocycles. The lowest BCUT2D eigenvalue weighted by molar-refractivity contribution is -0.247. The molecule has 1 saturated carbocycles. The summed E-state index contributed by atoms with van der Waals surface area (Å²) in [5.74, 6) is -6.47. The van der Waals surface area contributed by atoms with Gasteiger partial charge in [-0.3, -0.25) is 4.79 Å². The van der Waals surface area contributed by atoms with Crippen molar-refractivity contribution in [2.75, 3.05) is 0 Å². The lowest BCUT2D eigenvalue weighted by atomic mass is 9.88. The van der Waals surface area contributed by atoms with Gasteiger partial charge in [0, 0.05) is 12.8 Å². The Morgan fingerprint density at radius 1 is 1.00 bits per heavy atom. The van der Waals surface area contributed by atoms with Crippen molar-refractivity contribution in [2.45, 2.75) is 30.8 Å². The highest BCUT2D eigenvalue weighted by Gasteiger charge is 2.50. The third-order valence-corrected chi connectivity index (χ3v) is 1.78. The van der Waals surface area contributed by atoms with Gasteiger partial charge in [0.15, 0.2) is 0 Å². The number of Topliss-reactive ketones (excluding diaryl/α,β-unsaturated/α-hetero) is 1. The monoisotopic (exact) mass is 162 g/mol. The van der Waals surface area contributed by atoms with Crippen molar-refractivity contribution in [1.82, 2.24) is 0 Å². The van der Waals surface area contributed by atoms with Gasteiger partial charge in [0.05, 0.1) is 0 Å². The molecule has 0 spiro atoms. The van der Waals surface area contributed by atoms with Gasteiger partial charge in [0.1, 0.15) is 0 Å². The second-order valence-corrected chi connectivity index (χ2v) is 2.82. The van der Waals surface area contributed by atoms with Gasteiger partial charge in [-0.25, -0.2) is 0 Å². The van der Waals surface area contributed by atoms with Crippen molar-refractivity contribution in [2.24, 2.45) is 0 Å². The molecule has 0 radical (unpaired) electrons. The highest BCUT2D eigenvalue weighted by Crippen LogP contribution is 2.28. The van der Waals surface area contributed by atoms with Crippen LogP contribution in [0.2, 0.25) is 0 Å². The van der Waals surface area contributed by atoms with E-state index in [0.717, 1.165) is 0 Å². The van der Waals surface area contributed by atoms with Crippen molar-refractivity contribution in [1.29, 1.82) is 0 Å². The second kappa shape index (κ2) is 2.25. The number of carbonyl (C=O) groups is 1. The molecule has 5 heteroatoms. The second-order valence-electron chi connectivity index (χ2n) is 2.82. The van der Waals surface area contributed by atoms with Crippen molar-refractivity contribution in [3.63, 3.8) is 0 Å². The fourth-order valence-electron chi connectivity index (χ4n) is 1.13. The van der Waals surface area contributed by atoms with E-state index in [1.807, 2.05) is 0 Å². The lowest BCUT2D eigenvalue weighted by Gasteiger charge is -2.33. The Hall–Kier alpha value is -0.490. The summed E-state index contributed by atoms with van der Waals surface area (Å²) < 4.78 is 0. The zero-order valence-corrected chi connectivity index (χ0v) is 5.82. The minimum Gasteiger partial charge on any atom is -0.360 e. The molecule has 0 saturated heterocycles. The summed E-state index contributed by atoms with van der Waals surface area (Å²) in [4.78, 5) is 10.8. The number of ketones is 1. The Balaban J connectivity index is 2.85. The molecule has 1 rings (SSSR count). The van der Waals surface area contributed by atoms with E-state index in [-0.39, 0.29) is 19.3 Å². The van der Waals surface area contributed by atoms with Gasteiger partial charge in [-0.05, 0) is 6.42 Å². The normalized spacial score (nSPS) is 28.5. The van der Waals surface area contributed by atoms with E-state index in [1.54, 1.807) is 0 Å². The van der Waals surface area contributed by atoms with E-state index in [1.165, 1.54) is 0 Å². The van der Waals surface area contributed by atoms with E-state index in [4.69, 9.17) is 20.4 Å². The van der Waals surface area contributed by atoms with Crippen molar-refractivity contribution < 1.29 is 25.2 Å². The molecule has 4 N–H and O–H groups in total. The van der Waals surface area contributed by atoms with Gasteiger partial charge in [0.25, 0.3) is 0 Å². The molecule has 0 atom stereocenters. The quantitative estimate of drug-likeness (QED) is 0.312. The van der Waals surface area contributed by atoms with E-state index in [0.29, 0.717) is 0 Å². The Labute approximate surface area is 62.9 Å². The fourth-order valence-corrected chi connectivity index (χ4v) is 1.13. The van der Waals surface area contributed by atoms with Crippen LogP contribution < -0.4 is 0 Å². The van der Waals surface area contributed by atoms with E-state index < -0.39 is 17.4 Å². The number of aliphatic hydroxyl groups is 4. The molecule has 0 heterocycles. The largest absolute Gasteiger partial charge is 0.360 e. The van der Waals surface area contributed by atoms with Crippen LogP contribution >= 0.6 is 0 Å². The van der Waals surface area contributed by atoms with Gasteiger partial charge < -0.3 is 20.4 Å². The van der Waals surface area contributed by atoms with Crippen LogP contribution in [0.25, 0.3) is 0 Å². The zero-order chi connectivity index (χ0) is 8.70. The third kappa shape index (κ3) is 1.41. The molecule has 1 fully saturated rings. The molecule has 11 heavy (non-hydrogen) atoms. The molecule has 64 valence electrons. The van der Waals surface area contributed by atoms with E-state index in [9.17, 15) is 4.79 Å². The van der Waals surface area contributed by atoms with Crippen LogP contribution in [0.3, 0.4) is 0 Å². The molecule has 0 unspecified atom stereocenters. The Bertz CT molecular complexity index is 165. The van der Waals surface area contributed by atoms with Crippen molar-refractivity contribution in [3.8, 4) is 0 Å². The lowest BCUT2D eigenvalue weighted by Crippen LogP contribution is -2.56.